The van der Waals surface area contributed by atoms with Gasteiger partial charge in [-0.2, -0.15) is 0 Å². The molecule has 17 heavy (non-hydrogen) atoms. The normalized spacial score (nSPS) is 10.5. The average molecular weight is 232 g/mol. The van der Waals surface area contributed by atoms with Gasteiger partial charge in [-0.3, -0.25) is 4.79 Å². The highest BCUT2D eigenvalue weighted by molar-refractivity contribution is 6.00. The van der Waals surface area contributed by atoms with Gasteiger partial charge in [0.1, 0.15) is 11.5 Å². The van der Waals surface area contributed by atoms with Gasteiger partial charge in [0.05, 0.1) is 0 Å². The molecule has 0 saturated carbocycles. The fourth-order valence-corrected chi connectivity index (χ4v) is 1.78. The number of amides is 1. The molecule has 0 atom stereocenters. The number of aryl methyl sites for hydroxylation is 1. The molecule has 0 radical (unpaired) electrons. The summed E-state index contributed by atoms with van der Waals surface area (Å²) in [5.74, 6) is -0.517. The molecule has 0 bridgehead atoms. The number of aromatic amines is 1. The Bertz CT molecular complexity index is 586. The average Bonchev–Trinajstić information content (AvgIpc) is 2.64. The van der Waals surface area contributed by atoms with Crippen molar-refractivity contribution < 1.29 is 9.18 Å². The van der Waals surface area contributed by atoms with Gasteiger partial charge in [0, 0.05) is 17.4 Å². The molecular formula is C13H13FN2O. The van der Waals surface area contributed by atoms with E-state index in [9.17, 15) is 9.18 Å². The Kier molecular flexibility index (Phi) is 2.95. The molecule has 2 aromatic rings. The summed E-state index contributed by atoms with van der Waals surface area (Å²) in [6, 6.07) is 4.41. The highest BCUT2D eigenvalue weighted by Crippen LogP contribution is 2.22. The Labute approximate surface area is 98.3 Å². The monoisotopic (exact) mass is 232 g/mol. The van der Waals surface area contributed by atoms with Crippen LogP contribution in [0.5, 0.6) is 0 Å². The number of H-pyrrole nitrogens is 1. The third kappa shape index (κ3) is 2.06. The van der Waals surface area contributed by atoms with E-state index in [1.165, 1.54) is 12.1 Å². The van der Waals surface area contributed by atoms with Crippen molar-refractivity contribution >= 4 is 16.8 Å². The summed E-state index contributed by atoms with van der Waals surface area (Å²) in [6.07, 6.45) is 1.61. The molecule has 2 N–H and O–H groups in total. The molecule has 88 valence electrons. The van der Waals surface area contributed by atoms with Crippen molar-refractivity contribution in [2.75, 3.05) is 6.54 Å². The van der Waals surface area contributed by atoms with Crippen LogP contribution in [0.15, 0.2) is 30.9 Å². The number of rotatable bonds is 3. The second-order valence-electron chi connectivity index (χ2n) is 3.81. The largest absolute Gasteiger partial charge is 0.350 e. The van der Waals surface area contributed by atoms with E-state index < -0.39 is 0 Å². The van der Waals surface area contributed by atoms with Crippen molar-refractivity contribution in [1.29, 1.82) is 0 Å². The summed E-state index contributed by atoms with van der Waals surface area (Å²) in [4.78, 5) is 14.8. The van der Waals surface area contributed by atoms with E-state index >= 15 is 0 Å². The van der Waals surface area contributed by atoms with Crippen LogP contribution in [-0.4, -0.2) is 17.4 Å². The minimum absolute atomic E-state index is 0.209. The van der Waals surface area contributed by atoms with Gasteiger partial charge in [0.2, 0.25) is 0 Å². The van der Waals surface area contributed by atoms with Crippen LogP contribution in [-0.2, 0) is 0 Å². The maximum atomic E-state index is 13.1. The zero-order valence-corrected chi connectivity index (χ0v) is 9.51. The van der Waals surface area contributed by atoms with Crippen LogP contribution in [0, 0.1) is 12.7 Å². The molecule has 1 heterocycles. The van der Waals surface area contributed by atoms with Crippen molar-refractivity contribution in [1.82, 2.24) is 10.3 Å². The van der Waals surface area contributed by atoms with Gasteiger partial charge >= 0.3 is 0 Å². The predicted molar refractivity (Wildman–Crippen MR) is 65.5 cm³/mol. The first-order chi connectivity index (χ1) is 8.13. The van der Waals surface area contributed by atoms with E-state index in [0.717, 1.165) is 16.5 Å². The van der Waals surface area contributed by atoms with Crippen LogP contribution < -0.4 is 5.32 Å². The van der Waals surface area contributed by atoms with Crippen LogP contribution in [0.25, 0.3) is 10.9 Å². The lowest BCUT2D eigenvalue weighted by Gasteiger charge is -2.00. The lowest BCUT2D eigenvalue weighted by atomic mass is 10.1. The number of carbonyl (C=O) groups is 1. The molecule has 1 aromatic heterocycles. The first kappa shape index (κ1) is 11.4. The first-order valence-electron chi connectivity index (χ1n) is 5.30. The van der Waals surface area contributed by atoms with E-state index in [-0.39, 0.29) is 11.7 Å². The van der Waals surface area contributed by atoms with Gasteiger partial charge < -0.3 is 10.3 Å². The van der Waals surface area contributed by atoms with Crippen molar-refractivity contribution in [3.05, 3.63) is 47.9 Å². The maximum Gasteiger partial charge on any atom is 0.268 e. The molecule has 0 spiro atoms. The third-order valence-electron chi connectivity index (χ3n) is 2.65. The lowest BCUT2D eigenvalue weighted by Crippen LogP contribution is -2.24. The van der Waals surface area contributed by atoms with E-state index in [2.05, 4.69) is 16.9 Å². The van der Waals surface area contributed by atoms with Crippen molar-refractivity contribution in [2.45, 2.75) is 6.92 Å². The number of aromatic nitrogens is 1. The van der Waals surface area contributed by atoms with Gasteiger partial charge in [-0.25, -0.2) is 4.39 Å². The molecule has 0 aliphatic rings. The Morgan fingerprint density at radius 3 is 3.06 bits per heavy atom. The molecule has 0 aliphatic carbocycles. The number of fused-ring (bicyclic) bond motifs is 1. The second-order valence-corrected chi connectivity index (χ2v) is 3.81. The Morgan fingerprint density at radius 1 is 1.59 bits per heavy atom. The fourth-order valence-electron chi connectivity index (χ4n) is 1.78. The first-order valence-corrected chi connectivity index (χ1v) is 5.30. The molecule has 4 heteroatoms. The zero-order valence-electron chi connectivity index (χ0n) is 9.51. The number of carbonyl (C=O) groups excluding carboxylic acids is 1. The molecular weight excluding hydrogens is 219 g/mol. The number of nitrogens with one attached hydrogen (secondary N) is 2. The molecule has 3 nitrogen and oxygen atoms in total. The van der Waals surface area contributed by atoms with Crippen molar-refractivity contribution in [3.63, 3.8) is 0 Å². The predicted octanol–water partition coefficient (Wildman–Crippen LogP) is 2.53. The highest BCUT2D eigenvalue weighted by Gasteiger charge is 2.14. The summed E-state index contributed by atoms with van der Waals surface area (Å²) in [5.41, 5.74) is 1.97. The van der Waals surface area contributed by atoms with Crippen LogP contribution >= 0.6 is 0 Å². The standard InChI is InChI=1S/C13H13FN2O/c1-3-6-15-13(17)12-8(2)10-7-9(14)4-5-11(10)16-12/h3-5,7,16H,1,6H2,2H3,(H,15,17). The second kappa shape index (κ2) is 4.41. The van der Waals surface area contributed by atoms with Gasteiger partial charge in [0.15, 0.2) is 0 Å². The van der Waals surface area contributed by atoms with E-state index in [1.807, 2.05) is 0 Å². The summed E-state index contributed by atoms with van der Waals surface area (Å²) >= 11 is 0. The van der Waals surface area contributed by atoms with Gasteiger partial charge in [-0.05, 0) is 30.7 Å². The van der Waals surface area contributed by atoms with Gasteiger partial charge in [0.25, 0.3) is 5.91 Å². The Morgan fingerprint density at radius 2 is 2.35 bits per heavy atom. The van der Waals surface area contributed by atoms with Gasteiger partial charge in [-0.1, -0.05) is 6.08 Å². The highest BCUT2D eigenvalue weighted by atomic mass is 19.1. The zero-order chi connectivity index (χ0) is 12.4. The van der Waals surface area contributed by atoms with E-state index in [0.29, 0.717) is 12.2 Å². The lowest BCUT2D eigenvalue weighted by molar-refractivity contribution is 0.0953. The van der Waals surface area contributed by atoms with Crippen LogP contribution in [0.4, 0.5) is 4.39 Å². The Hall–Kier alpha value is -2.10. The number of hydrogen-bond donors (Lipinski definition) is 2. The van der Waals surface area contributed by atoms with Crippen molar-refractivity contribution in [2.24, 2.45) is 0 Å². The Balaban J connectivity index is 2.45. The molecule has 0 saturated heterocycles. The quantitative estimate of drug-likeness (QED) is 0.785. The van der Waals surface area contributed by atoms with E-state index in [1.54, 1.807) is 19.1 Å². The molecule has 2 rings (SSSR count). The summed E-state index contributed by atoms with van der Waals surface area (Å²) in [5, 5.41) is 3.41. The molecule has 1 aromatic carbocycles. The minimum Gasteiger partial charge on any atom is -0.350 e. The number of benzene rings is 1. The minimum atomic E-state index is -0.308. The number of hydrogen-bond acceptors (Lipinski definition) is 1. The van der Waals surface area contributed by atoms with Crippen molar-refractivity contribution in [3.8, 4) is 0 Å². The SMILES string of the molecule is C=CCNC(=O)c1[nH]c2ccc(F)cc2c1C. The van der Waals surface area contributed by atoms with Crippen LogP contribution in [0.2, 0.25) is 0 Å². The fraction of sp³-hybridized carbons (Fsp3) is 0.154. The molecule has 0 aliphatic heterocycles. The van der Waals surface area contributed by atoms with Crippen LogP contribution in [0.3, 0.4) is 0 Å². The van der Waals surface area contributed by atoms with E-state index in [4.69, 9.17) is 0 Å². The smallest absolute Gasteiger partial charge is 0.268 e. The third-order valence-corrected chi connectivity index (χ3v) is 2.65. The maximum absolute atomic E-state index is 13.1. The molecule has 0 unspecified atom stereocenters. The topological polar surface area (TPSA) is 44.9 Å². The summed E-state index contributed by atoms with van der Waals surface area (Å²) < 4.78 is 13.1. The summed E-state index contributed by atoms with van der Waals surface area (Å²) in [6.45, 7) is 5.73. The number of halogens is 1. The molecule has 0 fully saturated rings. The summed E-state index contributed by atoms with van der Waals surface area (Å²) in [7, 11) is 0. The van der Waals surface area contributed by atoms with Gasteiger partial charge in [-0.15, -0.1) is 6.58 Å². The van der Waals surface area contributed by atoms with Crippen LogP contribution in [0.1, 0.15) is 16.1 Å². The molecule has 1 amide bonds.